The Kier molecular flexibility index (Phi) is 4.50. The van der Waals surface area contributed by atoms with Crippen molar-refractivity contribution < 1.29 is 0 Å². The second-order valence-electron chi connectivity index (χ2n) is 4.86. The van der Waals surface area contributed by atoms with Gasteiger partial charge in [0, 0.05) is 24.5 Å². The normalized spacial score (nSPS) is 11.0. The third kappa shape index (κ3) is 3.09. The lowest BCUT2D eigenvalue weighted by Gasteiger charge is -2.11. The molecule has 4 heteroatoms. The lowest BCUT2D eigenvalue weighted by Crippen LogP contribution is -1.84. The van der Waals surface area contributed by atoms with E-state index in [-0.39, 0.29) is 0 Å². The van der Waals surface area contributed by atoms with Crippen LogP contribution < -0.4 is 0 Å². The van der Waals surface area contributed by atoms with Gasteiger partial charge in [-0.05, 0) is 47.5 Å². The van der Waals surface area contributed by atoms with Crippen molar-refractivity contribution >= 4 is 60.4 Å². The zero-order valence-corrected chi connectivity index (χ0v) is 14.9. The first-order valence-electron chi connectivity index (χ1n) is 6.47. The van der Waals surface area contributed by atoms with Crippen molar-refractivity contribution in [2.75, 3.05) is 0 Å². The largest absolute Gasteiger partial charge is 0.143 e. The molecule has 3 aromatic rings. The van der Waals surface area contributed by atoms with Gasteiger partial charge in [-0.1, -0.05) is 36.0 Å². The van der Waals surface area contributed by atoms with Crippen molar-refractivity contribution in [1.82, 2.24) is 0 Å². The summed E-state index contributed by atoms with van der Waals surface area (Å²) in [5.41, 5.74) is 1.23. The SMILES string of the molecule is Cc1ccc(S)c(Sc2ccc3c(S)cccc3c2S)c1. The topological polar surface area (TPSA) is 0 Å². The van der Waals surface area contributed by atoms with E-state index in [1.54, 1.807) is 11.8 Å². The smallest absolute Gasteiger partial charge is 0.0262 e. The third-order valence-electron chi connectivity index (χ3n) is 3.31. The summed E-state index contributed by atoms with van der Waals surface area (Å²) < 4.78 is 0. The van der Waals surface area contributed by atoms with Gasteiger partial charge in [-0.15, -0.1) is 37.9 Å². The highest BCUT2D eigenvalue weighted by Crippen LogP contribution is 2.40. The monoisotopic (exact) mass is 346 g/mol. The van der Waals surface area contributed by atoms with Crippen LogP contribution in [-0.4, -0.2) is 0 Å². The molecule has 0 atom stereocenters. The van der Waals surface area contributed by atoms with Crippen LogP contribution in [0.4, 0.5) is 0 Å². The van der Waals surface area contributed by atoms with Crippen molar-refractivity contribution in [2.45, 2.75) is 31.4 Å². The molecule has 0 amide bonds. The quantitative estimate of drug-likeness (QED) is 0.467. The minimum Gasteiger partial charge on any atom is -0.143 e. The number of aryl methyl sites for hydroxylation is 1. The van der Waals surface area contributed by atoms with E-state index in [4.69, 9.17) is 12.6 Å². The van der Waals surface area contributed by atoms with Gasteiger partial charge in [0.1, 0.15) is 0 Å². The molecule has 0 fully saturated rings. The van der Waals surface area contributed by atoms with Gasteiger partial charge in [0.25, 0.3) is 0 Å². The Hall–Kier alpha value is -0.680. The molecule has 3 rings (SSSR count). The maximum atomic E-state index is 4.72. The number of rotatable bonds is 2. The fourth-order valence-corrected chi connectivity index (χ4v) is 4.17. The van der Waals surface area contributed by atoms with Crippen LogP contribution >= 0.6 is 49.6 Å². The Morgan fingerprint density at radius 2 is 1.57 bits per heavy atom. The van der Waals surface area contributed by atoms with E-state index in [1.807, 2.05) is 18.2 Å². The fraction of sp³-hybridized carbons (Fsp3) is 0.0588. The van der Waals surface area contributed by atoms with Crippen LogP contribution in [0.2, 0.25) is 0 Å². The molecule has 0 spiro atoms. The van der Waals surface area contributed by atoms with Gasteiger partial charge in [-0.25, -0.2) is 0 Å². The number of thiol groups is 3. The fourth-order valence-electron chi connectivity index (χ4n) is 2.21. The summed E-state index contributed by atoms with van der Waals surface area (Å²) in [6.45, 7) is 2.09. The number of benzene rings is 3. The molecular weight excluding hydrogens is 332 g/mol. The maximum absolute atomic E-state index is 4.72. The molecule has 3 aromatic carbocycles. The predicted molar refractivity (Wildman–Crippen MR) is 101 cm³/mol. The second kappa shape index (κ2) is 6.21. The lowest BCUT2D eigenvalue weighted by atomic mass is 10.1. The number of fused-ring (bicyclic) bond motifs is 1. The molecule has 0 radical (unpaired) electrons. The van der Waals surface area contributed by atoms with Gasteiger partial charge in [-0.2, -0.15) is 0 Å². The van der Waals surface area contributed by atoms with E-state index in [2.05, 4.69) is 62.5 Å². The molecular formula is C17H14S4. The van der Waals surface area contributed by atoms with Crippen molar-refractivity contribution in [1.29, 1.82) is 0 Å². The Labute approximate surface area is 145 Å². The summed E-state index contributed by atoms with van der Waals surface area (Å²) in [4.78, 5) is 5.23. The molecule has 0 N–H and O–H groups in total. The molecule has 106 valence electrons. The first-order chi connectivity index (χ1) is 10.1. The summed E-state index contributed by atoms with van der Waals surface area (Å²) in [5, 5.41) is 2.26. The average Bonchev–Trinajstić information content (AvgIpc) is 2.46. The Morgan fingerprint density at radius 1 is 0.762 bits per heavy atom. The van der Waals surface area contributed by atoms with Crippen LogP contribution in [0.1, 0.15) is 5.56 Å². The van der Waals surface area contributed by atoms with E-state index in [9.17, 15) is 0 Å². The highest BCUT2D eigenvalue weighted by molar-refractivity contribution is 8.00. The molecule has 0 nitrogen and oxygen atoms in total. The minimum absolute atomic E-state index is 0.977. The molecule has 0 saturated heterocycles. The van der Waals surface area contributed by atoms with E-state index < -0.39 is 0 Å². The maximum Gasteiger partial charge on any atom is 0.0262 e. The molecule has 0 aliphatic carbocycles. The first kappa shape index (κ1) is 15.2. The van der Waals surface area contributed by atoms with E-state index in [1.165, 1.54) is 5.56 Å². The second-order valence-corrected chi connectivity index (χ2v) is 7.35. The van der Waals surface area contributed by atoms with Crippen molar-refractivity contribution in [3.05, 3.63) is 54.1 Å². The third-order valence-corrected chi connectivity index (χ3v) is 5.99. The lowest BCUT2D eigenvalue weighted by molar-refractivity contribution is 1.20. The summed E-state index contributed by atoms with van der Waals surface area (Å²) >= 11 is 15.5. The van der Waals surface area contributed by atoms with Gasteiger partial charge in [-0.3, -0.25) is 0 Å². The van der Waals surface area contributed by atoms with Gasteiger partial charge in [0.2, 0.25) is 0 Å². The molecule has 0 saturated carbocycles. The summed E-state index contributed by atoms with van der Waals surface area (Å²) in [6, 6.07) is 16.6. The molecule has 0 aromatic heterocycles. The van der Waals surface area contributed by atoms with E-state index in [0.717, 1.165) is 35.2 Å². The van der Waals surface area contributed by atoms with Gasteiger partial charge in [0.15, 0.2) is 0 Å². The van der Waals surface area contributed by atoms with Crippen LogP contribution in [0.15, 0.2) is 73.0 Å². The molecule has 0 bridgehead atoms. The molecule has 0 aliphatic rings. The van der Waals surface area contributed by atoms with Crippen LogP contribution in [0, 0.1) is 6.92 Å². The van der Waals surface area contributed by atoms with Crippen LogP contribution in [0.25, 0.3) is 10.8 Å². The van der Waals surface area contributed by atoms with Crippen LogP contribution in [0.5, 0.6) is 0 Å². The van der Waals surface area contributed by atoms with Crippen molar-refractivity contribution in [2.24, 2.45) is 0 Å². The minimum atomic E-state index is 0.977. The Bertz CT molecular complexity index is 824. The van der Waals surface area contributed by atoms with Gasteiger partial charge in [0.05, 0.1) is 0 Å². The van der Waals surface area contributed by atoms with Crippen LogP contribution in [0.3, 0.4) is 0 Å². The summed E-state index contributed by atoms with van der Waals surface area (Å²) in [5.74, 6) is 0. The Balaban J connectivity index is 2.09. The highest BCUT2D eigenvalue weighted by atomic mass is 32.2. The molecule has 0 unspecified atom stereocenters. The number of hydrogen-bond acceptors (Lipinski definition) is 4. The molecule has 0 aliphatic heterocycles. The average molecular weight is 347 g/mol. The molecule has 0 heterocycles. The summed E-state index contributed by atoms with van der Waals surface area (Å²) in [7, 11) is 0. The highest BCUT2D eigenvalue weighted by Gasteiger charge is 2.09. The standard InChI is InChI=1S/C17H14S4/c1-10-5-7-14(19)16(9-10)21-15-8-6-11-12(17(15)20)3-2-4-13(11)18/h2-9,18-20H,1H3. The van der Waals surface area contributed by atoms with Crippen molar-refractivity contribution in [3.63, 3.8) is 0 Å². The summed E-state index contributed by atoms with van der Waals surface area (Å²) in [6.07, 6.45) is 0. The Morgan fingerprint density at radius 3 is 2.38 bits per heavy atom. The van der Waals surface area contributed by atoms with Crippen molar-refractivity contribution in [3.8, 4) is 0 Å². The zero-order valence-electron chi connectivity index (χ0n) is 11.4. The van der Waals surface area contributed by atoms with Crippen LogP contribution in [-0.2, 0) is 0 Å². The van der Waals surface area contributed by atoms with E-state index in [0.29, 0.717) is 0 Å². The molecule has 21 heavy (non-hydrogen) atoms. The predicted octanol–water partition coefficient (Wildman–Crippen LogP) is 6.17. The van der Waals surface area contributed by atoms with E-state index >= 15 is 0 Å². The van der Waals surface area contributed by atoms with Gasteiger partial charge < -0.3 is 0 Å². The van der Waals surface area contributed by atoms with Gasteiger partial charge >= 0.3 is 0 Å². The first-order valence-corrected chi connectivity index (χ1v) is 8.63. The zero-order chi connectivity index (χ0) is 15.0. The number of hydrogen-bond donors (Lipinski definition) is 3.